The average Bonchev–Trinajstić information content (AvgIpc) is 2.72. The van der Waals surface area contributed by atoms with Gasteiger partial charge >= 0.3 is 0 Å². The van der Waals surface area contributed by atoms with E-state index in [1.165, 1.54) is 19.3 Å². The van der Waals surface area contributed by atoms with Crippen LogP contribution in [0.4, 0.5) is 11.6 Å². The van der Waals surface area contributed by atoms with Gasteiger partial charge in [-0.25, -0.2) is 15.8 Å². The van der Waals surface area contributed by atoms with E-state index in [1.54, 1.807) is 0 Å². The number of rotatable bonds is 4. The van der Waals surface area contributed by atoms with Crippen LogP contribution in [0.2, 0.25) is 0 Å². The quantitative estimate of drug-likeness (QED) is 0.645. The first kappa shape index (κ1) is 14.5. The molecule has 3 N–H and O–H groups in total. The maximum absolute atomic E-state index is 5.56. The van der Waals surface area contributed by atoms with Gasteiger partial charge in [0, 0.05) is 37.7 Å². The van der Waals surface area contributed by atoms with E-state index >= 15 is 0 Å². The smallest absolute Gasteiger partial charge is 0.145 e. The number of aryl methyl sites for hydroxylation is 1. The highest BCUT2D eigenvalue weighted by atomic mass is 15.3. The number of hydrogen-bond donors (Lipinski definition) is 2. The van der Waals surface area contributed by atoms with E-state index in [1.807, 2.05) is 6.07 Å². The standard InChI is InChI=1S/C15H26N6/c1-3-4-13-17-14(19-16)9-15(18-13)21-8-7-11-5-6-12(10-21)20(11)2/h9,11-12H,3-8,10,16H2,1-2H3,(H,17,18,19). The molecule has 116 valence electrons. The first-order chi connectivity index (χ1) is 10.2. The predicted octanol–water partition coefficient (Wildman–Crippen LogP) is 1.39. The number of nitrogens with zero attached hydrogens (tertiary/aromatic N) is 4. The molecule has 6 nitrogen and oxygen atoms in total. The molecular formula is C15H26N6. The van der Waals surface area contributed by atoms with Crippen molar-refractivity contribution in [2.45, 2.75) is 51.1 Å². The van der Waals surface area contributed by atoms with E-state index in [0.717, 1.165) is 43.6 Å². The van der Waals surface area contributed by atoms with Crippen molar-refractivity contribution < 1.29 is 0 Å². The highest BCUT2D eigenvalue weighted by Crippen LogP contribution is 2.30. The molecule has 1 aromatic heterocycles. The Morgan fingerprint density at radius 1 is 1.29 bits per heavy atom. The third-order valence-electron chi connectivity index (χ3n) is 4.85. The lowest BCUT2D eigenvalue weighted by Gasteiger charge is -2.27. The Morgan fingerprint density at radius 3 is 2.86 bits per heavy atom. The van der Waals surface area contributed by atoms with Crippen LogP contribution in [0, 0.1) is 0 Å². The molecule has 3 heterocycles. The number of aromatic nitrogens is 2. The molecule has 0 spiro atoms. The fourth-order valence-corrected chi connectivity index (χ4v) is 3.57. The Bertz CT molecular complexity index is 491. The highest BCUT2D eigenvalue weighted by molar-refractivity contribution is 5.49. The lowest BCUT2D eigenvalue weighted by molar-refractivity contribution is 0.254. The Hall–Kier alpha value is -1.40. The van der Waals surface area contributed by atoms with Gasteiger partial charge in [-0.15, -0.1) is 0 Å². The first-order valence-corrected chi connectivity index (χ1v) is 8.02. The molecule has 2 unspecified atom stereocenters. The van der Waals surface area contributed by atoms with E-state index in [9.17, 15) is 0 Å². The summed E-state index contributed by atoms with van der Waals surface area (Å²) in [6.07, 6.45) is 5.79. The summed E-state index contributed by atoms with van der Waals surface area (Å²) in [6, 6.07) is 3.36. The van der Waals surface area contributed by atoms with Gasteiger partial charge in [0.1, 0.15) is 17.5 Å². The third kappa shape index (κ3) is 2.96. The number of anilines is 2. The third-order valence-corrected chi connectivity index (χ3v) is 4.85. The average molecular weight is 290 g/mol. The van der Waals surface area contributed by atoms with Crippen LogP contribution in [0.1, 0.15) is 38.4 Å². The molecule has 2 atom stereocenters. The molecule has 1 aromatic rings. The maximum Gasteiger partial charge on any atom is 0.145 e. The second-order valence-electron chi connectivity index (χ2n) is 6.21. The number of fused-ring (bicyclic) bond motifs is 2. The Balaban J connectivity index is 1.83. The summed E-state index contributed by atoms with van der Waals surface area (Å²) in [5, 5.41) is 0. The number of likely N-dealkylation sites (N-methyl/N-ethyl adjacent to an activating group) is 1. The van der Waals surface area contributed by atoms with Crippen LogP contribution in [0.5, 0.6) is 0 Å². The molecule has 0 radical (unpaired) electrons. The summed E-state index contributed by atoms with van der Waals surface area (Å²) >= 11 is 0. The van der Waals surface area contributed by atoms with Gasteiger partial charge in [-0.3, -0.25) is 4.90 Å². The molecule has 2 saturated heterocycles. The van der Waals surface area contributed by atoms with Gasteiger partial charge in [-0.2, -0.15) is 0 Å². The predicted molar refractivity (Wildman–Crippen MR) is 85.2 cm³/mol. The van der Waals surface area contributed by atoms with Crippen LogP contribution in [-0.2, 0) is 6.42 Å². The fourth-order valence-electron chi connectivity index (χ4n) is 3.57. The second-order valence-corrected chi connectivity index (χ2v) is 6.21. The zero-order valence-corrected chi connectivity index (χ0v) is 13.0. The summed E-state index contributed by atoms with van der Waals surface area (Å²) < 4.78 is 0. The van der Waals surface area contributed by atoms with Crippen molar-refractivity contribution in [3.05, 3.63) is 11.9 Å². The van der Waals surface area contributed by atoms with Crippen molar-refractivity contribution in [2.75, 3.05) is 30.5 Å². The second kappa shape index (κ2) is 6.15. The van der Waals surface area contributed by atoms with E-state index in [4.69, 9.17) is 10.8 Å². The minimum absolute atomic E-state index is 0.649. The molecule has 3 rings (SSSR count). The molecule has 2 aliphatic rings. The molecule has 0 aromatic carbocycles. The van der Waals surface area contributed by atoms with Crippen molar-refractivity contribution in [2.24, 2.45) is 5.84 Å². The number of hydrazine groups is 1. The molecule has 2 fully saturated rings. The van der Waals surface area contributed by atoms with Crippen molar-refractivity contribution in [3.8, 4) is 0 Å². The minimum Gasteiger partial charge on any atom is -0.355 e. The zero-order valence-electron chi connectivity index (χ0n) is 13.0. The van der Waals surface area contributed by atoms with Crippen molar-refractivity contribution in [1.82, 2.24) is 14.9 Å². The van der Waals surface area contributed by atoms with Crippen LogP contribution < -0.4 is 16.2 Å². The monoisotopic (exact) mass is 290 g/mol. The van der Waals surface area contributed by atoms with Crippen LogP contribution in [0.25, 0.3) is 0 Å². The van der Waals surface area contributed by atoms with E-state index in [0.29, 0.717) is 11.9 Å². The summed E-state index contributed by atoms with van der Waals surface area (Å²) in [7, 11) is 2.27. The number of hydrogen-bond acceptors (Lipinski definition) is 6. The van der Waals surface area contributed by atoms with Gasteiger partial charge < -0.3 is 10.3 Å². The van der Waals surface area contributed by atoms with Gasteiger partial charge in [-0.1, -0.05) is 6.92 Å². The largest absolute Gasteiger partial charge is 0.355 e. The van der Waals surface area contributed by atoms with Crippen LogP contribution in [-0.4, -0.2) is 47.1 Å². The van der Waals surface area contributed by atoms with Crippen LogP contribution in [0.3, 0.4) is 0 Å². The van der Waals surface area contributed by atoms with Gasteiger partial charge in [0.15, 0.2) is 0 Å². The molecule has 21 heavy (non-hydrogen) atoms. The number of nitrogens with one attached hydrogen (secondary N) is 1. The number of nitrogen functional groups attached to an aromatic ring is 1. The summed E-state index contributed by atoms with van der Waals surface area (Å²) in [6.45, 7) is 4.27. The SMILES string of the molecule is CCCc1nc(NN)cc(N2CCC3CCC(C2)N3C)n1. The Kier molecular flexibility index (Phi) is 4.26. The zero-order chi connectivity index (χ0) is 14.8. The molecule has 6 heteroatoms. The highest BCUT2D eigenvalue weighted by Gasteiger charge is 2.35. The molecule has 0 aliphatic carbocycles. The molecule has 0 amide bonds. The van der Waals surface area contributed by atoms with Crippen molar-refractivity contribution in [3.63, 3.8) is 0 Å². The van der Waals surface area contributed by atoms with Gasteiger partial charge in [0.05, 0.1) is 0 Å². The van der Waals surface area contributed by atoms with Crippen molar-refractivity contribution >= 4 is 11.6 Å². The van der Waals surface area contributed by atoms with Gasteiger partial charge in [-0.05, 0) is 32.7 Å². The first-order valence-electron chi connectivity index (χ1n) is 8.02. The van der Waals surface area contributed by atoms with E-state index in [2.05, 4.69) is 34.2 Å². The summed E-state index contributed by atoms with van der Waals surface area (Å²) in [5.74, 6) is 8.17. The van der Waals surface area contributed by atoms with Gasteiger partial charge in [0.25, 0.3) is 0 Å². The topological polar surface area (TPSA) is 70.3 Å². The Labute approximate surface area is 126 Å². The molecular weight excluding hydrogens is 264 g/mol. The lowest BCUT2D eigenvalue weighted by Crippen LogP contribution is -2.37. The lowest BCUT2D eigenvalue weighted by atomic mass is 10.1. The molecule has 0 saturated carbocycles. The Morgan fingerprint density at radius 2 is 2.10 bits per heavy atom. The molecule has 2 aliphatic heterocycles. The van der Waals surface area contributed by atoms with Gasteiger partial charge in [0.2, 0.25) is 0 Å². The minimum atomic E-state index is 0.649. The van der Waals surface area contributed by atoms with E-state index < -0.39 is 0 Å². The van der Waals surface area contributed by atoms with Crippen LogP contribution >= 0.6 is 0 Å². The number of nitrogens with two attached hydrogens (primary N) is 1. The summed E-state index contributed by atoms with van der Waals surface area (Å²) in [5.41, 5.74) is 2.68. The van der Waals surface area contributed by atoms with Crippen LogP contribution in [0.15, 0.2) is 6.07 Å². The molecule has 2 bridgehead atoms. The maximum atomic E-state index is 5.56. The normalized spacial score (nSPS) is 26.0. The van der Waals surface area contributed by atoms with Crippen molar-refractivity contribution in [1.29, 1.82) is 0 Å². The van der Waals surface area contributed by atoms with E-state index in [-0.39, 0.29) is 0 Å². The fraction of sp³-hybridized carbons (Fsp3) is 0.733. The summed E-state index contributed by atoms with van der Waals surface area (Å²) in [4.78, 5) is 14.1.